The molecule has 2 aromatic carbocycles. The van der Waals surface area contributed by atoms with Crippen LogP contribution in [-0.4, -0.2) is 4.98 Å². The molecule has 0 aliphatic rings. The zero-order valence-electron chi connectivity index (χ0n) is 11.1. The van der Waals surface area contributed by atoms with E-state index in [1.807, 2.05) is 36.4 Å². The van der Waals surface area contributed by atoms with Crippen LogP contribution in [0.5, 0.6) is 5.75 Å². The topological polar surface area (TPSA) is 22.1 Å². The van der Waals surface area contributed by atoms with Gasteiger partial charge in [-0.3, -0.25) is 4.98 Å². The van der Waals surface area contributed by atoms with E-state index in [2.05, 4.69) is 40.0 Å². The second kappa shape index (κ2) is 5.63. The summed E-state index contributed by atoms with van der Waals surface area (Å²) in [5.74, 6) is 0.783. The number of halogens is 1. The maximum absolute atomic E-state index is 5.80. The maximum Gasteiger partial charge on any atom is 0.138 e. The lowest BCUT2D eigenvalue weighted by molar-refractivity contribution is 0.305. The van der Waals surface area contributed by atoms with Crippen molar-refractivity contribution >= 4 is 26.8 Å². The molecule has 0 aliphatic carbocycles. The SMILES string of the molecule is Cc1cc(Br)c2cc(OCc3ccccc3)cnc2c1. The molecule has 0 aliphatic heterocycles. The van der Waals surface area contributed by atoms with Gasteiger partial charge in [-0.2, -0.15) is 0 Å². The van der Waals surface area contributed by atoms with E-state index in [-0.39, 0.29) is 0 Å². The summed E-state index contributed by atoms with van der Waals surface area (Å²) in [5, 5.41) is 1.07. The van der Waals surface area contributed by atoms with Gasteiger partial charge >= 0.3 is 0 Å². The van der Waals surface area contributed by atoms with Crippen molar-refractivity contribution in [3.8, 4) is 5.75 Å². The highest BCUT2D eigenvalue weighted by atomic mass is 79.9. The number of aryl methyl sites for hydroxylation is 1. The standard InChI is InChI=1S/C17H14BrNO/c1-12-7-16(18)15-9-14(10-19-17(15)8-12)20-11-13-5-3-2-4-6-13/h2-10H,11H2,1H3. The number of pyridine rings is 1. The molecule has 3 heteroatoms. The minimum Gasteiger partial charge on any atom is -0.487 e. The summed E-state index contributed by atoms with van der Waals surface area (Å²) in [7, 11) is 0. The Morgan fingerprint density at radius 1 is 1.10 bits per heavy atom. The predicted molar refractivity (Wildman–Crippen MR) is 85.0 cm³/mol. The zero-order chi connectivity index (χ0) is 13.9. The third-order valence-electron chi connectivity index (χ3n) is 3.12. The van der Waals surface area contributed by atoms with E-state index in [0.717, 1.165) is 26.7 Å². The van der Waals surface area contributed by atoms with Crippen molar-refractivity contribution in [2.45, 2.75) is 13.5 Å². The van der Waals surface area contributed by atoms with Crippen molar-refractivity contribution in [2.75, 3.05) is 0 Å². The number of hydrogen-bond acceptors (Lipinski definition) is 2. The quantitative estimate of drug-likeness (QED) is 0.683. The van der Waals surface area contributed by atoms with Crippen LogP contribution in [0, 0.1) is 6.92 Å². The van der Waals surface area contributed by atoms with Crippen molar-refractivity contribution in [3.05, 3.63) is 70.3 Å². The summed E-state index contributed by atoms with van der Waals surface area (Å²) in [6.45, 7) is 2.61. The largest absolute Gasteiger partial charge is 0.487 e. The molecule has 1 heterocycles. The third-order valence-corrected chi connectivity index (χ3v) is 3.77. The van der Waals surface area contributed by atoms with Gasteiger partial charge in [0.1, 0.15) is 12.4 Å². The number of aromatic nitrogens is 1. The third kappa shape index (κ3) is 2.83. The summed E-state index contributed by atoms with van der Waals surface area (Å²) < 4.78 is 6.85. The molecule has 0 radical (unpaired) electrons. The number of fused-ring (bicyclic) bond motifs is 1. The van der Waals surface area contributed by atoms with Crippen molar-refractivity contribution in [1.82, 2.24) is 4.98 Å². The van der Waals surface area contributed by atoms with Gasteiger partial charge in [-0.1, -0.05) is 46.3 Å². The van der Waals surface area contributed by atoms with Crippen LogP contribution < -0.4 is 4.74 Å². The molecule has 1 aromatic heterocycles. The van der Waals surface area contributed by atoms with E-state index < -0.39 is 0 Å². The van der Waals surface area contributed by atoms with E-state index >= 15 is 0 Å². The molecule has 0 spiro atoms. The average Bonchev–Trinajstić information content (AvgIpc) is 2.46. The Kier molecular flexibility index (Phi) is 3.70. The van der Waals surface area contributed by atoms with E-state index in [9.17, 15) is 0 Å². The lowest BCUT2D eigenvalue weighted by Crippen LogP contribution is -1.95. The second-order valence-electron chi connectivity index (χ2n) is 4.76. The molecule has 100 valence electrons. The summed E-state index contributed by atoms with van der Waals surface area (Å²) in [6, 6.07) is 16.3. The first-order valence-electron chi connectivity index (χ1n) is 6.45. The van der Waals surface area contributed by atoms with Gasteiger partial charge in [0.15, 0.2) is 0 Å². The minimum absolute atomic E-state index is 0.553. The molecule has 2 nitrogen and oxygen atoms in total. The van der Waals surface area contributed by atoms with Gasteiger partial charge in [0.2, 0.25) is 0 Å². The molecule has 3 aromatic rings. The summed E-state index contributed by atoms with van der Waals surface area (Å²) in [4.78, 5) is 4.46. The van der Waals surface area contributed by atoms with Gasteiger partial charge in [-0.15, -0.1) is 0 Å². The predicted octanol–water partition coefficient (Wildman–Crippen LogP) is 4.88. The van der Waals surface area contributed by atoms with E-state index in [0.29, 0.717) is 6.61 Å². The van der Waals surface area contributed by atoms with Gasteiger partial charge < -0.3 is 4.74 Å². The molecule has 3 rings (SSSR count). The highest BCUT2D eigenvalue weighted by molar-refractivity contribution is 9.10. The molecule has 0 N–H and O–H groups in total. The number of nitrogens with zero attached hydrogens (tertiary/aromatic N) is 1. The van der Waals surface area contributed by atoms with Gasteiger partial charge in [-0.25, -0.2) is 0 Å². The molecular weight excluding hydrogens is 314 g/mol. The Balaban J connectivity index is 1.86. The zero-order valence-corrected chi connectivity index (χ0v) is 12.7. The van der Waals surface area contributed by atoms with Crippen molar-refractivity contribution in [1.29, 1.82) is 0 Å². The van der Waals surface area contributed by atoms with Crippen LogP contribution in [0.4, 0.5) is 0 Å². The molecular formula is C17H14BrNO. The van der Waals surface area contributed by atoms with E-state index in [4.69, 9.17) is 4.74 Å². The average molecular weight is 328 g/mol. The molecule has 0 bridgehead atoms. The number of hydrogen-bond donors (Lipinski definition) is 0. The van der Waals surface area contributed by atoms with Gasteiger partial charge in [0, 0.05) is 9.86 Å². The molecule has 20 heavy (non-hydrogen) atoms. The fourth-order valence-corrected chi connectivity index (χ4v) is 2.80. The Hall–Kier alpha value is -1.87. The molecule has 0 saturated carbocycles. The first-order valence-corrected chi connectivity index (χ1v) is 7.24. The van der Waals surface area contributed by atoms with Crippen LogP contribution in [0.15, 0.2) is 59.2 Å². The fourth-order valence-electron chi connectivity index (χ4n) is 2.12. The summed E-state index contributed by atoms with van der Waals surface area (Å²) in [5.41, 5.74) is 3.31. The summed E-state index contributed by atoms with van der Waals surface area (Å²) in [6.07, 6.45) is 1.77. The van der Waals surface area contributed by atoms with Crippen LogP contribution in [-0.2, 0) is 6.61 Å². The van der Waals surface area contributed by atoms with Crippen LogP contribution in [0.25, 0.3) is 10.9 Å². The molecule has 0 saturated heterocycles. The van der Waals surface area contributed by atoms with E-state index in [1.54, 1.807) is 6.20 Å². The van der Waals surface area contributed by atoms with Crippen LogP contribution in [0.3, 0.4) is 0 Å². The Bertz CT molecular complexity index is 741. The van der Waals surface area contributed by atoms with Crippen molar-refractivity contribution in [3.63, 3.8) is 0 Å². The smallest absolute Gasteiger partial charge is 0.138 e. The van der Waals surface area contributed by atoms with Crippen LogP contribution in [0.1, 0.15) is 11.1 Å². The number of rotatable bonds is 3. The monoisotopic (exact) mass is 327 g/mol. The van der Waals surface area contributed by atoms with Crippen molar-refractivity contribution in [2.24, 2.45) is 0 Å². The first-order chi connectivity index (χ1) is 9.72. The molecule has 0 amide bonds. The molecule has 0 atom stereocenters. The van der Waals surface area contributed by atoms with Gasteiger partial charge in [0.25, 0.3) is 0 Å². The minimum atomic E-state index is 0.553. The van der Waals surface area contributed by atoms with Crippen molar-refractivity contribution < 1.29 is 4.74 Å². The fraction of sp³-hybridized carbons (Fsp3) is 0.118. The summed E-state index contributed by atoms with van der Waals surface area (Å²) >= 11 is 3.58. The Morgan fingerprint density at radius 2 is 1.90 bits per heavy atom. The van der Waals surface area contributed by atoms with Gasteiger partial charge in [-0.05, 0) is 36.2 Å². The highest BCUT2D eigenvalue weighted by Crippen LogP contribution is 2.27. The van der Waals surface area contributed by atoms with Crippen LogP contribution >= 0.6 is 15.9 Å². The maximum atomic E-state index is 5.80. The molecule has 0 fully saturated rings. The Morgan fingerprint density at radius 3 is 2.70 bits per heavy atom. The number of benzene rings is 2. The lowest BCUT2D eigenvalue weighted by atomic mass is 10.1. The normalized spacial score (nSPS) is 10.7. The van der Waals surface area contributed by atoms with Gasteiger partial charge in [0.05, 0.1) is 11.7 Å². The Labute approximate surface area is 126 Å². The van der Waals surface area contributed by atoms with Crippen LogP contribution in [0.2, 0.25) is 0 Å². The molecule has 0 unspecified atom stereocenters. The number of ether oxygens (including phenoxy) is 1. The van der Waals surface area contributed by atoms with E-state index in [1.165, 1.54) is 5.56 Å². The first kappa shape index (κ1) is 13.1. The lowest BCUT2D eigenvalue weighted by Gasteiger charge is -2.08. The highest BCUT2D eigenvalue weighted by Gasteiger charge is 2.04. The second-order valence-corrected chi connectivity index (χ2v) is 5.61.